The zero-order chi connectivity index (χ0) is 24.7. The lowest BCUT2D eigenvalue weighted by molar-refractivity contribution is 0.102. The molecular weight excluding hydrogens is 436 g/mol. The first-order chi connectivity index (χ1) is 16.8. The molecule has 0 saturated carbocycles. The number of nitrogens with zero attached hydrogens (tertiary/aromatic N) is 5. The van der Waals surface area contributed by atoms with Crippen LogP contribution in [0.25, 0.3) is 22.2 Å². The average molecular weight is 465 g/mol. The molecule has 2 aromatic carbocycles. The third-order valence-electron chi connectivity index (χ3n) is 6.67. The second kappa shape index (κ2) is 8.83. The summed E-state index contributed by atoms with van der Waals surface area (Å²) >= 11 is 0. The molecular formula is C28H28N6O. The molecule has 0 saturated heterocycles. The van der Waals surface area contributed by atoms with Crippen LogP contribution in [-0.2, 0) is 13.6 Å². The number of nitrogens with one attached hydrogen (secondary N) is 1. The minimum atomic E-state index is -0.187. The number of aryl methyl sites for hydroxylation is 3. The number of benzene rings is 2. The first-order valence-corrected chi connectivity index (χ1v) is 11.6. The Hall–Kier alpha value is -4.26. The number of anilines is 1. The summed E-state index contributed by atoms with van der Waals surface area (Å²) < 4.78 is 3.75. The molecule has 3 aromatic heterocycles. The molecule has 5 aromatic rings. The first-order valence-electron chi connectivity index (χ1n) is 11.6. The monoisotopic (exact) mass is 464 g/mol. The number of para-hydroxylation sites is 1. The summed E-state index contributed by atoms with van der Waals surface area (Å²) in [7, 11) is 1.90. The molecule has 1 N–H and O–H groups in total. The summed E-state index contributed by atoms with van der Waals surface area (Å²) in [6.07, 6.45) is 1.79. The fourth-order valence-electron chi connectivity index (χ4n) is 4.41. The highest BCUT2D eigenvalue weighted by Gasteiger charge is 2.20. The maximum Gasteiger partial charge on any atom is 0.256 e. The van der Waals surface area contributed by atoms with E-state index in [1.54, 1.807) is 6.20 Å². The first kappa shape index (κ1) is 22.5. The highest BCUT2D eigenvalue weighted by molar-refractivity contribution is 6.13. The zero-order valence-corrected chi connectivity index (χ0v) is 20.6. The molecule has 0 bridgehead atoms. The molecule has 7 heteroatoms. The smallest absolute Gasteiger partial charge is 0.256 e. The van der Waals surface area contributed by atoms with Crippen LogP contribution in [0.1, 0.15) is 38.6 Å². The molecule has 0 aliphatic heterocycles. The van der Waals surface area contributed by atoms with E-state index in [2.05, 4.69) is 29.5 Å². The normalized spacial score (nSPS) is 11.2. The molecule has 0 radical (unpaired) electrons. The van der Waals surface area contributed by atoms with Crippen molar-refractivity contribution in [2.24, 2.45) is 7.05 Å². The number of fused-ring (bicyclic) bond motifs is 1. The summed E-state index contributed by atoms with van der Waals surface area (Å²) in [5.74, 6) is -0.187. The number of carbonyl (C=O) groups is 1. The average Bonchev–Trinajstić information content (AvgIpc) is 3.32. The van der Waals surface area contributed by atoms with Gasteiger partial charge in [-0.05, 0) is 51.0 Å². The zero-order valence-electron chi connectivity index (χ0n) is 20.6. The Balaban J connectivity index is 1.52. The van der Waals surface area contributed by atoms with Gasteiger partial charge < -0.3 is 5.32 Å². The summed E-state index contributed by atoms with van der Waals surface area (Å²) in [4.78, 5) is 18.4. The van der Waals surface area contributed by atoms with Crippen molar-refractivity contribution in [3.63, 3.8) is 0 Å². The van der Waals surface area contributed by atoms with E-state index < -0.39 is 0 Å². The summed E-state index contributed by atoms with van der Waals surface area (Å²) in [5, 5.41) is 13.0. The summed E-state index contributed by atoms with van der Waals surface area (Å²) in [6.45, 7) is 8.65. The van der Waals surface area contributed by atoms with Crippen LogP contribution in [0.15, 0.2) is 60.8 Å². The van der Waals surface area contributed by atoms with Gasteiger partial charge in [0.25, 0.3) is 5.91 Å². The lowest BCUT2D eigenvalue weighted by Gasteiger charge is -2.11. The van der Waals surface area contributed by atoms with Gasteiger partial charge in [-0.15, -0.1) is 0 Å². The molecule has 0 unspecified atom stereocenters. The van der Waals surface area contributed by atoms with Gasteiger partial charge >= 0.3 is 0 Å². The second-order valence-electron chi connectivity index (χ2n) is 8.92. The molecule has 35 heavy (non-hydrogen) atoms. The predicted molar refractivity (Wildman–Crippen MR) is 139 cm³/mol. The maximum absolute atomic E-state index is 13.6. The van der Waals surface area contributed by atoms with Crippen LogP contribution in [0.3, 0.4) is 0 Å². The maximum atomic E-state index is 13.6. The molecule has 0 aliphatic rings. The molecule has 3 heterocycles. The van der Waals surface area contributed by atoms with Crippen molar-refractivity contribution < 1.29 is 4.79 Å². The largest absolute Gasteiger partial charge is 0.319 e. The topological polar surface area (TPSA) is 77.6 Å². The van der Waals surface area contributed by atoms with Gasteiger partial charge in [0.2, 0.25) is 0 Å². The Kier molecular flexibility index (Phi) is 5.68. The number of pyridine rings is 1. The van der Waals surface area contributed by atoms with Crippen molar-refractivity contribution in [1.82, 2.24) is 24.5 Å². The minimum Gasteiger partial charge on any atom is -0.319 e. The van der Waals surface area contributed by atoms with Gasteiger partial charge in [-0.3, -0.25) is 14.2 Å². The lowest BCUT2D eigenvalue weighted by Crippen LogP contribution is -2.14. The van der Waals surface area contributed by atoms with E-state index in [1.807, 2.05) is 79.6 Å². The standard InChI is InChI=1S/C28H28N6O/c1-17-10-6-7-11-21(17)16-34-20(4)27(18(2)32-34)31-28(35)23-14-26(24-15-29-33(5)19(24)3)30-25-13-9-8-12-22(23)25/h6-15H,16H2,1-5H3,(H,31,35). The Labute approximate surface area is 204 Å². The van der Waals surface area contributed by atoms with Crippen LogP contribution >= 0.6 is 0 Å². The number of hydrogen-bond acceptors (Lipinski definition) is 4. The third kappa shape index (κ3) is 4.10. The van der Waals surface area contributed by atoms with Crippen LogP contribution in [-0.4, -0.2) is 30.5 Å². The van der Waals surface area contributed by atoms with Crippen LogP contribution in [0, 0.1) is 27.7 Å². The molecule has 0 aliphatic carbocycles. The molecule has 7 nitrogen and oxygen atoms in total. The number of carbonyl (C=O) groups excluding carboxylic acids is 1. The molecule has 1 amide bonds. The van der Waals surface area contributed by atoms with Gasteiger partial charge in [-0.1, -0.05) is 42.5 Å². The SMILES string of the molecule is Cc1ccccc1Cn1nc(C)c(NC(=O)c2cc(-c3cnn(C)c3C)nc3ccccc23)c1C. The highest BCUT2D eigenvalue weighted by Crippen LogP contribution is 2.28. The van der Waals surface area contributed by atoms with E-state index in [0.717, 1.165) is 44.9 Å². The molecule has 176 valence electrons. The Morgan fingerprint density at radius 3 is 2.46 bits per heavy atom. The van der Waals surface area contributed by atoms with Crippen molar-refractivity contribution in [1.29, 1.82) is 0 Å². The quantitative estimate of drug-likeness (QED) is 0.380. The van der Waals surface area contributed by atoms with E-state index in [-0.39, 0.29) is 5.91 Å². The van der Waals surface area contributed by atoms with Crippen LogP contribution < -0.4 is 5.32 Å². The Bertz CT molecular complexity index is 1580. The van der Waals surface area contributed by atoms with Crippen LogP contribution in [0.4, 0.5) is 5.69 Å². The second-order valence-corrected chi connectivity index (χ2v) is 8.92. The third-order valence-corrected chi connectivity index (χ3v) is 6.67. The minimum absolute atomic E-state index is 0.187. The molecule has 0 atom stereocenters. The van der Waals surface area contributed by atoms with Crippen LogP contribution in [0.5, 0.6) is 0 Å². The lowest BCUT2D eigenvalue weighted by atomic mass is 10.0. The number of aromatic nitrogens is 5. The fraction of sp³-hybridized carbons (Fsp3) is 0.214. The summed E-state index contributed by atoms with van der Waals surface area (Å²) in [5.41, 5.74) is 8.81. The van der Waals surface area contributed by atoms with Gasteiger partial charge in [-0.25, -0.2) is 4.98 Å². The molecule has 0 spiro atoms. The van der Waals surface area contributed by atoms with E-state index >= 15 is 0 Å². The fourth-order valence-corrected chi connectivity index (χ4v) is 4.41. The van der Waals surface area contributed by atoms with Gasteiger partial charge in [-0.2, -0.15) is 10.2 Å². The number of rotatable bonds is 5. The van der Waals surface area contributed by atoms with Crippen LogP contribution in [0.2, 0.25) is 0 Å². The van der Waals surface area contributed by atoms with Crippen molar-refractivity contribution >= 4 is 22.5 Å². The van der Waals surface area contributed by atoms with Crippen molar-refractivity contribution in [2.75, 3.05) is 5.32 Å². The Morgan fingerprint density at radius 1 is 0.971 bits per heavy atom. The van der Waals surface area contributed by atoms with E-state index in [0.29, 0.717) is 12.1 Å². The highest BCUT2D eigenvalue weighted by atomic mass is 16.1. The number of amides is 1. The van der Waals surface area contributed by atoms with Gasteiger partial charge in [0.15, 0.2) is 0 Å². The Morgan fingerprint density at radius 2 is 1.71 bits per heavy atom. The van der Waals surface area contributed by atoms with Crippen molar-refractivity contribution in [2.45, 2.75) is 34.2 Å². The van der Waals surface area contributed by atoms with Crippen molar-refractivity contribution in [3.8, 4) is 11.3 Å². The van der Waals surface area contributed by atoms with Gasteiger partial charge in [0.1, 0.15) is 0 Å². The van der Waals surface area contributed by atoms with E-state index in [9.17, 15) is 4.79 Å². The van der Waals surface area contributed by atoms with E-state index in [1.165, 1.54) is 11.1 Å². The van der Waals surface area contributed by atoms with Gasteiger partial charge in [0.05, 0.1) is 46.6 Å². The molecule has 0 fully saturated rings. The molecule has 5 rings (SSSR count). The van der Waals surface area contributed by atoms with E-state index in [4.69, 9.17) is 10.1 Å². The number of hydrogen-bond donors (Lipinski definition) is 1. The predicted octanol–water partition coefficient (Wildman–Crippen LogP) is 5.37. The van der Waals surface area contributed by atoms with Gasteiger partial charge in [0, 0.05) is 23.7 Å². The summed E-state index contributed by atoms with van der Waals surface area (Å²) in [6, 6.07) is 17.8. The van der Waals surface area contributed by atoms with Crippen molar-refractivity contribution in [3.05, 3.63) is 94.6 Å².